The molecule has 0 radical (unpaired) electrons. The lowest BCUT2D eigenvalue weighted by atomic mass is 10.0. The van der Waals surface area contributed by atoms with Crippen LogP contribution in [0.3, 0.4) is 0 Å². The summed E-state index contributed by atoms with van der Waals surface area (Å²) >= 11 is 1.73. The normalized spacial score (nSPS) is 12.5. The van der Waals surface area contributed by atoms with E-state index in [1.54, 1.807) is 18.4 Å². The van der Waals surface area contributed by atoms with Gasteiger partial charge < -0.3 is 10.6 Å². The Balaban J connectivity index is 0.00000264. The second kappa shape index (κ2) is 9.22. The molecule has 0 aliphatic carbocycles. The van der Waals surface area contributed by atoms with Gasteiger partial charge in [-0.15, -0.1) is 35.3 Å². The zero-order valence-electron chi connectivity index (χ0n) is 14.3. The highest BCUT2D eigenvalue weighted by molar-refractivity contribution is 14.0. The maximum absolute atomic E-state index is 4.54. The number of rotatable bonds is 4. The van der Waals surface area contributed by atoms with Crippen LogP contribution in [0.15, 0.2) is 29.3 Å². The summed E-state index contributed by atoms with van der Waals surface area (Å²) in [7, 11) is 1.79. The Morgan fingerprint density at radius 2 is 1.96 bits per heavy atom. The third kappa shape index (κ3) is 5.46. The number of nitrogens with one attached hydrogen (secondary N) is 2. The minimum Gasteiger partial charge on any atom is -0.350 e. The van der Waals surface area contributed by atoms with Gasteiger partial charge in [0.1, 0.15) is 5.01 Å². The molecule has 1 aromatic heterocycles. The van der Waals surface area contributed by atoms with Crippen LogP contribution in [0.1, 0.15) is 39.7 Å². The van der Waals surface area contributed by atoms with Crippen LogP contribution in [0.4, 0.5) is 0 Å². The third-order valence-electron chi connectivity index (χ3n) is 3.71. The molecule has 1 aromatic carbocycles. The molecule has 1 heterocycles. The molecule has 0 aliphatic heterocycles. The predicted molar refractivity (Wildman–Crippen MR) is 110 cm³/mol. The smallest absolute Gasteiger partial charge is 0.191 e. The molecule has 0 amide bonds. The van der Waals surface area contributed by atoms with E-state index in [-0.39, 0.29) is 30.0 Å². The number of hydrogen-bond acceptors (Lipinski definition) is 3. The summed E-state index contributed by atoms with van der Waals surface area (Å²) < 4.78 is 0. The van der Waals surface area contributed by atoms with Crippen LogP contribution in [-0.2, 0) is 6.54 Å². The van der Waals surface area contributed by atoms with Crippen LogP contribution in [0.25, 0.3) is 0 Å². The summed E-state index contributed by atoms with van der Waals surface area (Å²) in [5.41, 5.74) is 3.67. The Bertz CT molecular complexity index is 647. The molecule has 0 aliphatic rings. The van der Waals surface area contributed by atoms with Gasteiger partial charge in [0.15, 0.2) is 5.96 Å². The van der Waals surface area contributed by atoms with Gasteiger partial charge in [0.05, 0.1) is 18.3 Å². The minimum absolute atomic E-state index is 0. The molecule has 0 fully saturated rings. The molecule has 23 heavy (non-hydrogen) atoms. The van der Waals surface area contributed by atoms with Gasteiger partial charge in [-0.25, -0.2) is 4.98 Å². The minimum atomic E-state index is 0. The zero-order chi connectivity index (χ0) is 16.1. The van der Waals surface area contributed by atoms with Crippen LogP contribution in [0, 0.1) is 20.8 Å². The molecule has 2 N–H and O–H groups in total. The lowest BCUT2D eigenvalue weighted by molar-refractivity contribution is 0.681. The molecular formula is C17H25IN4S. The summed E-state index contributed by atoms with van der Waals surface area (Å²) in [6.07, 6.45) is 0. The number of aryl methyl sites for hydroxylation is 3. The molecule has 6 heteroatoms. The topological polar surface area (TPSA) is 49.3 Å². The van der Waals surface area contributed by atoms with Crippen LogP contribution in [0.5, 0.6) is 0 Å². The zero-order valence-corrected chi connectivity index (χ0v) is 17.5. The van der Waals surface area contributed by atoms with Crippen molar-refractivity contribution in [1.82, 2.24) is 15.6 Å². The third-order valence-corrected chi connectivity index (χ3v) is 4.78. The van der Waals surface area contributed by atoms with Gasteiger partial charge in [-0.3, -0.25) is 4.99 Å². The van der Waals surface area contributed by atoms with E-state index in [1.807, 2.05) is 6.92 Å². The van der Waals surface area contributed by atoms with E-state index < -0.39 is 0 Å². The Kier molecular flexibility index (Phi) is 7.98. The lowest BCUT2D eigenvalue weighted by Gasteiger charge is -2.19. The second-order valence-corrected chi connectivity index (χ2v) is 6.69. The SMILES string of the molecule is CN=C(NCc1nc(C)c(C)s1)NC(C)c1ccccc1C.I. The summed E-state index contributed by atoms with van der Waals surface area (Å²) in [6.45, 7) is 9.11. The molecular weight excluding hydrogens is 419 g/mol. The van der Waals surface area contributed by atoms with E-state index in [0.29, 0.717) is 6.54 Å². The summed E-state index contributed by atoms with van der Waals surface area (Å²) in [5, 5.41) is 7.85. The van der Waals surface area contributed by atoms with Gasteiger partial charge in [-0.2, -0.15) is 0 Å². The van der Waals surface area contributed by atoms with Crippen molar-refractivity contribution in [3.8, 4) is 0 Å². The molecule has 0 spiro atoms. The number of halogens is 1. The number of aromatic nitrogens is 1. The first-order chi connectivity index (χ1) is 10.5. The van der Waals surface area contributed by atoms with Gasteiger partial charge >= 0.3 is 0 Å². The molecule has 4 nitrogen and oxygen atoms in total. The second-order valence-electron chi connectivity index (χ2n) is 5.40. The van der Waals surface area contributed by atoms with Crippen molar-refractivity contribution >= 4 is 41.3 Å². The number of aliphatic imine (C=N–C) groups is 1. The highest BCUT2D eigenvalue weighted by Gasteiger charge is 2.10. The Morgan fingerprint density at radius 1 is 1.26 bits per heavy atom. The van der Waals surface area contributed by atoms with E-state index in [1.165, 1.54) is 16.0 Å². The van der Waals surface area contributed by atoms with Crippen LogP contribution in [0.2, 0.25) is 0 Å². The summed E-state index contributed by atoms with van der Waals surface area (Å²) in [4.78, 5) is 10.1. The van der Waals surface area contributed by atoms with E-state index >= 15 is 0 Å². The van der Waals surface area contributed by atoms with E-state index in [4.69, 9.17) is 0 Å². The van der Waals surface area contributed by atoms with Crippen LogP contribution >= 0.6 is 35.3 Å². The van der Waals surface area contributed by atoms with Crippen molar-refractivity contribution in [3.05, 3.63) is 51.0 Å². The lowest BCUT2D eigenvalue weighted by Crippen LogP contribution is -2.38. The van der Waals surface area contributed by atoms with E-state index in [0.717, 1.165) is 16.7 Å². The fourth-order valence-electron chi connectivity index (χ4n) is 2.32. The average Bonchev–Trinajstić information content (AvgIpc) is 2.82. The Morgan fingerprint density at radius 3 is 2.52 bits per heavy atom. The fraction of sp³-hybridized carbons (Fsp3) is 0.412. The molecule has 0 saturated carbocycles. The number of benzene rings is 1. The molecule has 1 unspecified atom stereocenters. The molecule has 0 saturated heterocycles. The molecule has 2 rings (SSSR count). The number of hydrogen-bond donors (Lipinski definition) is 2. The molecule has 0 bridgehead atoms. The first-order valence-electron chi connectivity index (χ1n) is 7.47. The van der Waals surface area contributed by atoms with Crippen molar-refractivity contribution in [3.63, 3.8) is 0 Å². The van der Waals surface area contributed by atoms with E-state index in [2.05, 4.69) is 65.6 Å². The molecule has 126 valence electrons. The van der Waals surface area contributed by atoms with E-state index in [9.17, 15) is 0 Å². The predicted octanol–water partition coefficient (Wildman–Crippen LogP) is 4.11. The van der Waals surface area contributed by atoms with Gasteiger partial charge in [-0.1, -0.05) is 24.3 Å². The van der Waals surface area contributed by atoms with Crippen molar-refractivity contribution in [2.24, 2.45) is 4.99 Å². The number of thiazole rings is 1. The standard InChI is InChI=1S/C17H24N4S.HI/c1-11-8-6-7-9-15(11)13(3)21-17(18-5)19-10-16-20-12(2)14(4)22-16;/h6-9,13H,10H2,1-5H3,(H2,18,19,21);1H. The Labute approximate surface area is 159 Å². The molecule has 1 atom stereocenters. The molecule has 2 aromatic rings. The van der Waals surface area contributed by atoms with Gasteiger partial charge in [-0.05, 0) is 38.8 Å². The monoisotopic (exact) mass is 444 g/mol. The van der Waals surface area contributed by atoms with Gasteiger partial charge in [0.25, 0.3) is 0 Å². The van der Waals surface area contributed by atoms with Crippen LogP contribution < -0.4 is 10.6 Å². The summed E-state index contributed by atoms with van der Waals surface area (Å²) in [5.74, 6) is 0.793. The quantitative estimate of drug-likeness (QED) is 0.424. The number of guanidine groups is 1. The highest BCUT2D eigenvalue weighted by Crippen LogP contribution is 2.17. The maximum Gasteiger partial charge on any atom is 0.191 e. The summed E-state index contributed by atoms with van der Waals surface area (Å²) in [6, 6.07) is 8.61. The van der Waals surface area contributed by atoms with Crippen molar-refractivity contribution < 1.29 is 0 Å². The first-order valence-corrected chi connectivity index (χ1v) is 8.28. The largest absolute Gasteiger partial charge is 0.350 e. The Hall–Kier alpha value is -1.15. The fourth-order valence-corrected chi connectivity index (χ4v) is 3.20. The highest BCUT2D eigenvalue weighted by atomic mass is 127. The van der Waals surface area contributed by atoms with Gasteiger partial charge in [0, 0.05) is 11.9 Å². The maximum atomic E-state index is 4.54. The van der Waals surface area contributed by atoms with Crippen LogP contribution in [-0.4, -0.2) is 18.0 Å². The van der Waals surface area contributed by atoms with Crippen molar-refractivity contribution in [1.29, 1.82) is 0 Å². The van der Waals surface area contributed by atoms with Crippen molar-refractivity contribution in [2.45, 2.75) is 40.3 Å². The van der Waals surface area contributed by atoms with Crippen molar-refractivity contribution in [2.75, 3.05) is 7.05 Å². The van der Waals surface area contributed by atoms with Gasteiger partial charge in [0.2, 0.25) is 0 Å². The number of nitrogens with zero attached hydrogens (tertiary/aromatic N) is 2. The average molecular weight is 444 g/mol. The first kappa shape index (κ1) is 19.9.